The van der Waals surface area contributed by atoms with Crippen LogP contribution in [0.2, 0.25) is 0 Å². The fourth-order valence-corrected chi connectivity index (χ4v) is 2.76. The summed E-state index contributed by atoms with van der Waals surface area (Å²) in [5.41, 5.74) is 0.710. The molecule has 0 bridgehead atoms. The van der Waals surface area contributed by atoms with Crippen molar-refractivity contribution in [1.29, 1.82) is 0 Å². The van der Waals surface area contributed by atoms with Crippen molar-refractivity contribution in [3.8, 4) is 5.75 Å². The van der Waals surface area contributed by atoms with Crippen LogP contribution in [0.4, 0.5) is 0 Å². The minimum absolute atomic E-state index is 0.257. The molecule has 0 spiro atoms. The van der Waals surface area contributed by atoms with E-state index in [1.807, 2.05) is 0 Å². The molecule has 0 amide bonds. The van der Waals surface area contributed by atoms with Crippen molar-refractivity contribution in [2.75, 3.05) is 13.2 Å². The van der Waals surface area contributed by atoms with Gasteiger partial charge in [0.15, 0.2) is 0 Å². The van der Waals surface area contributed by atoms with Crippen molar-refractivity contribution in [1.82, 2.24) is 5.32 Å². The van der Waals surface area contributed by atoms with Gasteiger partial charge in [0.2, 0.25) is 0 Å². The fourth-order valence-electron chi connectivity index (χ4n) is 2.76. The molecule has 0 aromatic heterocycles. The monoisotopic (exact) mass is 277 g/mol. The molecule has 2 rings (SSSR count). The Labute approximate surface area is 120 Å². The van der Waals surface area contributed by atoms with Gasteiger partial charge >= 0.3 is 5.97 Å². The summed E-state index contributed by atoms with van der Waals surface area (Å²) < 4.78 is 5.58. The first-order valence-corrected chi connectivity index (χ1v) is 7.16. The summed E-state index contributed by atoms with van der Waals surface area (Å²) in [7, 11) is 0. The Bertz CT molecular complexity index is 471. The van der Waals surface area contributed by atoms with Gasteiger partial charge in [-0.05, 0) is 42.9 Å². The molecule has 0 radical (unpaired) electrons. The first-order valence-electron chi connectivity index (χ1n) is 7.16. The highest BCUT2D eigenvalue weighted by Gasteiger charge is 2.30. The van der Waals surface area contributed by atoms with Gasteiger partial charge in [-0.25, -0.2) is 4.79 Å². The highest BCUT2D eigenvalue weighted by atomic mass is 16.5. The second-order valence-electron chi connectivity index (χ2n) is 6.24. The molecule has 0 saturated heterocycles. The summed E-state index contributed by atoms with van der Waals surface area (Å²) in [6, 6.07) is 7.19. The number of carbonyl (C=O) groups is 1. The molecule has 20 heavy (non-hydrogen) atoms. The molecule has 1 saturated carbocycles. The first-order chi connectivity index (χ1) is 9.46. The second kappa shape index (κ2) is 6.27. The third-order valence-corrected chi connectivity index (χ3v) is 3.85. The lowest BCUT2D eigenvalue weighted by atomic mass is 9.92. The molecule has 1 atom stereocenters. The average molecular weight is 277 g/mol. The molecule has 2 N–H and O–H groups in total. The van der Waals surface area contributed by atoms with E-state index in [2.05, 4.69) is 19.2 Å². The molecule has 1 fully saturated rings. The maximum Gasteiger partial charge on any atom is 0.335 e. The lowest BCUT2D eigenvalue weighted by Gasteiger charge is -2.18. The Morgan fingerprint density at radius 1 is 1.50 bits per heavy atom. The van der Waals surface area contributed by atoms with E-state index in [9.17, 15) is 4.79 Å². The lowest BCUT2D eigenvalue weighted by Crippen LogP contribution is -2.31. The van der Waals surface area contributed by atoms with Crippen molar-refractivity contribution in [2.45, 2.75) is 39.2 Å². The minimum atomic E-state index is -0.929. The van der Waals surface area contributed by atoms with Gasteiger partial charge in [-0.15, -0.1) is 0 Å². The number of hydrogen-bond acceptors (Lipinski definition) is 3. The summed E-state index contributed by atoms with van der Waals surface area (Å²) >= 11 is 0. The van der Waals surface area contributed by atoms with Gasteiger partial charge in [0, 0.05) is 12.6 Å². The van der Waals surface area contributed by atoms with Crippen molar-refractivity contribution in [3.63, 3.8) is 0 Å². The number of benzene rings is 1. The zero-order valence-electron chi connectivity index (χ0n) is 12.2. The molecule has 1 unspecified atom stereocenters. The summed E-state index contributed by atoms with van der Waals surface area (Å²) in [4.78, 5) is 10.9. The van der Waals surface area contributed by atoms with E-state index in [1.165, 1.54) is 19.3 Å². The van der Waals surface area contributed by atoms with Crippen LogP contribution < -0.4 is 10.1 Å². The summed E-state index contributed by atoms with van der Waals surface area (Å²) in [6.45, 7) is 5.96. The summed E-state index contributed by atoms with van der Waals surface area (Å²) in [5, 5.41) is 12.4. The summed E-state index contributed by atoms with van der Waals surface area (Å²) in [6.07, 6.45) is 3.70. The number of aromatic carboxylic acids is 1. The molecule has 4 heteroatoms. The van der Waals surface area contributed by atoms with E-state index in [4.69, 9.17) is 9.84 Å². The predicted molar refractivity (Wildman–Crippen MR) is 78.3 cm³/mol. The van der Waals surface area contributed by atoms with Crippen molar-refractivity contribution in [3.05, 3.63) is 29.8 Å². The molecular weight excluding hydrogens is 254 g/mol. The SMILES string of the molecule is CC1(C)CCC(NCCOc2cccc(C(=O)O)c2)C1. The Kier molecular flexibility index (Phi) is 4.65. The van der Waals surface area contributed by atoms with Crippen LogP contribution in [0.15, 0.2) is 24.3 Å². The Morgan fingerprint density at radius 2 is 2.30 bits per heavy atom. The van der Waals surface area contributed by atoms with Crippen LogP contribution in [-0.2, 0) is 0 Å². The molecular formula is C16H23NO3. The second-order valence-corrected chi connectivity index (χ2v) is 6.24. The third kappa shape index (κ3) is 4.23. The van der Waals surface area contributed by atoms with E-state index in [0.29, 0.717) is 23.8 Å². The smallest absolute Gasteiger partial charge is 0.335 e. The normalized spacial score (nSPS) is 20.8. The molecule has 110 valence electrons. The zero-order chi connectivity index (χ0) is 14.6. The van der Waals surface area contributed by atoms with Crippen LogP contribution in [0, 0.1) is 5.41 Å². The van der Waals surface area contributed by atoms with E-state index < -0.39 is 5.97 Å². The topological polar surface area (TPSA) is 58.6 Å². The number of nitrogens with one attached hydrogen (secondary N) is 1. The predicted octanol–water partition coefficient (Wildman–Crippen LogP) is 2.93. The minimum Gasteiger partial charge on any atom is -0.492 e. The number of carboxylic acid groups (broad SMARTS) is 1. The Hall–Kier alpha value is -1.55. The maximum absolute atomic E-state index is 10.9. The quantitative estimate of drug-likeness (QED) is 0.785. The number of ether oxygens (including phenoxy) is 1. The maximum atomic E-state index is 10.9. The fraction of sp³-hybridized carbons (Fsp3) is 0.562. The van der Waals surface area contributed by atoms with Gasteiger partial charge in [0.05, 0.1) is 5.56 Å². The van der Waals surface area contributed by atoms with E-state index in [1.54, 1.807) is 24.3 Å². The highest BCUT2D eigenvalue weighted by Crippen LogP contribution is 2.36. The molecule has 1 aliphatic rings. The van der Waals surface area contributed by atoms with E-state index in [-0.39, 0.29) is 5.56 Å². The van der Waals surface area contributed by atoms with Gasteiger partial charge in [-0.2, -0.15) is 0 Å². The molecule has 4 nitrogen and oxygen atoms in total. The first kappa shape index (κ1) is 14.9. The number of carboxylic acids is 1. The number of rotatable bonds is 6. The molecule has 0 aliphatic heterocycles. The van der Waals surface area contributed by atoms with Gasteiger partial charge < -0.3 is 15.2 Å². The standard InChI is InChI=1S/C16H23NO3/c1-16(2)7-6-13(11-16)17-8-9-20-14-5-3-4-12(10-14)15(18)19/h3-5,10,13,17H,6-9,11H2,1-2H3,(H,18,19). The van der Waals surface area contributed by atoms with Crippen LogP contribution in [-0.4, -0.2) is 30.3 Å². The van der Waals surface area contributed by atoms with E-state index >= 15 is 0 Å². The highest BCUT2D eigenvalue weighted by molar-refractivity contribution is 5.87. The van der Waals surface area contributed by atoms with Crippen molar-refractivity contribution >= 4 is 5.97 Å². The van der Waals surface area contributed by atoms with Crippen LogP contribution in [0.25, 0.3) is 0 Å². The Balaban J connectivity index is 1.71. The Morgan fingerprint density at radius 3 is 2.95 bits per heavy atom. The van der Waals surface area contributed by atoms with Gasteiger partial charge in [-0.1, -0.05) is 19.9 Å². The van der Waals surface area contributed by atoms with Crippen LogP contribution >= 0.6 is 0 Å². The summed E-state index contributed by atoms with van der Waals surface area (Å²) in [5.74, 6) is -0.319. The average Bonchev–Trinajstić information content (AvgIpc) is 2.75. The van der Waals surface area contributed by atoms with Gasteiger partial charge in [0.25, 0.3) is 0 Å². The molecule has 0 heterocycles. The zero-order valence-corrected chi connectivity index (χ0v) is 12.2. The van der Waals surface area contributed by atoms with E-state index in [0.717, 1.165) is 6.54 Å². The van der Waals surface area contributed by atoms with Crippen LogP contribution in [0.1, 0.15) is 43.5 Å². The van der Waals surface area contributed by atoms with Crippen LogP contribution in [0.5, 0.6) is 5.75 Å². The third-order valence-electron chi connectivity index (χ3n) is 3.85. The largest absolute Gasteiger partial charge is 0.492 e. The number of hydrogen-bond donors (Lipinski definition) is 2. The molecule has 1 aliphatic carbocycles. The molecule has 1 aromatic rings. The van der Waals surface area contributed by atoms with Crippen molar-refractivity contribution < 1.29 is 14.6 Å². The lowest BCUT2D eigenvalue weighted by molar-refractivity contribution is 0.0696. The van der Waals surface area contributed by atoms with Crippen LogP contribution in [0.3, 0.4) is 0 Å². The van der Waals surface area contributed by atoms with Crippen molar-refractivity contribution in [2.24, 2.45) is 5.41 Å². The van der Waals surface area contributed by atoms with Gasteiger partial charge in [-0.3, -0.25) is 0 Å². The molecule has 1 aromatic carbocycles. The van der Waals surface area contributed by atoms with Gasteiger partial charge in [0.1, 0.15) is 12.4 Å².